The van der Waals surface area contributed by atoms with E-state index < -0.39 is 5.78 Å². The van der Waals surface area contributed by atoms with Crippen LogP contribution >= 0.6 is 0 Å². The fourth-order valence-corrected chi connectivity index (χ4v) is 3.82. The van der Waals surface area contributed by atoms with Crippen LogP contribution in [0.1, 0.15) is 37.4 Å². The molecule has 0 radical (unpaired) electrons. The van der Waals surface area contributed by atoms with Gasteiger partial charge >= 0.3 is 0 Å². The zero-order chi connectivity index (χ0) is 23.1. The Hall–Kier alpha value is -2.98. The van der Waals surface area contributed by atoms with Crippen molar-refractivity contribution in [2.24, 2.45) is 0 Å². The highest BCUT2D eigenvalue weighted by Crippen LogP contribution is 2.40. The van der Waals surface area contributed by atoms with Crippen LogP contribution in [0, 0.1) is 6.92 Å². The summed E-state index contributed by atoms with van der Waals surface area (Å²) in [4.78, 5) is 27.0. The minimum Gasteiger partial charge on any atom is -0.507 e. The fourth-order valence-electron chi connectivity index (χ4n) is 3.82. The van der Waals surface area contributed by atoms with Crippen molar-refractivity contribution in [3.8, 4) is 5.75 Å². The summed E-state index contributed by atoms with van der Waals surface area (Å²) in [6, 6.07) is 6.58. The second kappa shape index (κ2) is 11.1. The summed E-state index contributed by atoms with van der Waals surface area (Å²) in [5.41, 5.74) is 2.46. The first-order valence-electron chi connectivity index (χ1n) is 10.7. The van der Waals surface area contributed by atoms with Gasteiger partial charge < -0.3 is 36.6 Å². The van der Waals surface area contributed by atoms with E-state index in [2.05, 4.69) is 21.3 Å². The molecule has 9 nitrogen and oxygen atoms in total. The maximum Gasteiger partial charge on any atom is 0.200 e. The lowest BCUT2D eigenvalue weighted by Crippen LogP contribution is -2.29. The van der Waals surface area contributed by atoms with Gasteiger partial charge in [-0.1, -0.05) is 6.07 Å². The molecule has 9 heteroatoms. The predicted octanol–water partition coefficient (Wildman–Crippen LogP) is 0.464. The molecule has 0 saturated carbocycles. The summed E-state index contributed by atoms with van der Waals surface area (Å²) in [6.45, 7) is 4.87. The maximum absolute atomic E-state index is 13.5. The summed E-state index contributed by atoms with van der Waals surface area (Å²) in [5, 5.41) is 40.7. The van der Waals surface area contributed by atoms with Crippen LogP contribution in [0.4, 0.5) is 11.4 Å². The topological polar surface area (TPSA) is 143 Å². The second-order valence-electron chi connectivity index (χ2n) is 7.52. The summed E-state index contributed by atoms with van der Waals surface area (Å²) in [5.74, 6) is -0.920. The average Bonchev–Trinajstić information content (AvgIpc) is 2.78. The van der Waals surface area contributed by atoms with Gasteiger partial charge in [0.2, 0.25) is 0 Å². The van der Waals surface area contributed by atoms with Crippen molar-refractivity contribution >= 4 is 22.9 Å². The third-order valence-corrected chi connectivity index (χ3v) is 5.32. The van der Waals surface area contributed by atoms with Crippen LogP contribution in [-0.2, 0) is 0 Å². The number of phenolic OH excluding ortho intramolecular Hbond substituents is 1. The molecule has 1 aliphatic carbocycles. The monoisotopic (exact) mass is 442 g/mol. The number of benzene rings is 2. The molecule has 0 heterocycles. The smallest absolute Gasteiger partial charge is 0.200 e. The van der Waals surface area contributed by atoms with Crippen LogP contribution in [-0.4, -0.2) is 79.4 Å². The van der Waals surface area contributed by atoms with E-state index >= 15 is 0 Å². The quantitative estimate of drug-likeness (QED) is 0.199. The largest absolute Gasteiger partial charge is 0.507 e. The number of aliphatic hydroxyl groups excluding tert-OH is 2. The number of phenols is 1. The number of carbonyl (C=O) groups is 2. The molecular formula is C23H30N4O5. The summed E-state index contributed by atoms with van der Waals surface area (Å²) < 4.78 is 0. The molecule has 0 amide bonds. The third-order valence-electron chi connectivity index (χ3n) is 5.32. The van der Waals surface area contributed by atoms with E-state index in [1.165, 1.54) is 6.07 Å². The van der Waals surface area contributed by atoms with Gasteiger partial charge in [0.25, 0.3) is 0 Å². The Morgan fingerprint density at radius 3 is 1.66 bits per heavy atom. The predicted molar refractivity (Wildman–Crippen MR) is 123 cm³/mol. The van der Waals surface area contributed by atoms with Crippen LogP contribution in [0.2, 0.25) is 0 Å². The van der Waals surface area contributed by atoms with Crippen molar-refractivity contribution in [1.29, 1.82) is 0 Å². The van der Waals surface area contributed by atoms with Crippen molar-refractivity contribution in [1.82, 2.24) is 10.6 Å². The Balaban J connectivity index is 1.97. The van der Waals surface area contributed by atoms with Crippen molar-refractivity contribution < 1.29 is 24.9 Å². The Morgan fingerprint density at radius 1 is 0.656 bits per heavy atom. The number of hydrogen-bond acceptors (Lipinski definition) is 9. The number of aromatic hydroxyl groups is 1. The van der Waals surface area contributed by atoms with Gasteiger partial charge in [0.1, 0.15) is 5.75 Å². The normalized spacial score (nSPS) is 12.5. The molecule has 2 aromatic rings. The Kier molecular flexibility index (Phi) is 8.18. The number of nitrogens with one attached hydrogen (secondary N) is 4. The number of anilines is 2. The van der Waals surface area contributed by atoms with Crippen LogP contribution < -0.4 is 21.3 Å². The van der Waals surface area contributed by atoms with Crippen molar-refractivity contribution in [3.63, 3.8) is 0 Å². The van der Waals surface area contributed by atoms with Gasteiger partial charge in [-0.3, -0.25) is 9.59 Å². The first-order chi connectivity index (χ1) is 15.5. The van der Waals surface area contributed by atoms with Crippen LogP contribution in [0.3, 0.4) is 0 Å². The van der Waals surface area contributed by atoms with E-state index in [9.17, 15) is 14.7 Å². The molecule has 0 saturated heterocycles. The van der Waals surface area contributed by atoms with Gasteiger partial charge in [-0.25, -0.2) is 0 Å². The molecule has 32 heavy (non-hydrogen) atoms. The molecule has 0 atom stereocenters. The number of fused-ring (bicyclic) bond motifs is 2. The zero-order valence-electron chi connectivity index (χ0n) is 18.1. The van der Waals surface area contributed by atoms with Gasteiger partial charge in [0.05, 0.1) is 29.9 Å². The van der Waals surface area contributed by atoms with Crippen molar-refractivity contribution in [2.45, 2.75) is 6.92 Å². The third kappa shape index (κ3) is 4.91. The van der Waals surface area contributed by atoms with E-state index in [-0.39, 0.29) is 47.0 Å². The SMILES string of the molecule is Cc1ccc(O)c2c1C(=O)c1c(NCCNCCO)ccc(NCCNCCO)c1C2=O. The van der Waals surface area contributed by atoms with Gasteiger partial charge in [-0.2, -0.15) is 0 Å². The van der Waals surface area contributed by atoms with Gasteiger partial charge in [-0.05, 0) is 30.7 Å². The average molecular weight is 443 g/mol. The molecule has 2 aromatic carbocycles. The molecule has 0 spiro atoms. The molecular weight excluding hydrogens is 412 g/mol. The molecule has 1 aliphatic rings. The molecule has 0 aromatic heterocycles. The van der Waals surface area contributed by atoms with Gasteiger partial charge in [0, 0.05) is 56.2 Å². The minimum atomic E-state index is -0.399. The summed E-state index contributed by atoms with van der Waals surface area (Å²) in [6.07, 6.45) is 0. The lowest BCUT2D eigenvalue weighted by molar-refractivity contribution is 0.0977. The molecule has 0 unspecified atom stereocenters. The highest BCUT2D eigenvalue weighted by molar-refractivity contribution is 6.33. The molecule has 3 rings (SSSR count). The van der Waals surface area contributed by atoms with Crippen molar-refractivity contribution in [3.05, 3.63) is 52.1 Å². The van der Waals surface area contributed by atoms with E-state index in [1.807, 2.05) is 0 Å². The first kappa shape index (κ1) is 23.7. The van der Waals surface area contributed by atoms with Crippen molar-refractivity contribution in [2.75, 3.05) is 63.1 Å². The lowest BCUT2D eigenvalue weighted by Gasteiger charge is -2.25. The Bertz CT molecular complexity index is 915. The van der Waals surface area contributed by atoms with Gasteiger partial charge in [0.15, 0.2) is 11.6 Å². The number of hydrogen-bond donors (Lipinski definition) is 7. The highest BCUT2D eigenvalue weighted by Gasteiger charge is 2.36. The highest BCUT2D eigenvalue weighted by atomic mass is 16.3. The van der Waals surface area contributed by atoms with Gasteiger partial charge in [-0.15, -0.1) is 0 Å². The number of ketones is 2. The molecule has 0 aliphatic heterocycles. The van der Waals surface area contributed by atoms with E-state index in [4.69, 9.17) is 10.2 Å². The molecule has 7 N–H and O–H groups in total. The zero-order valence-corrected chi connectivity index (χ0v) is 18.1. The number of aryl methyl sites for hydroxylation is 1. The molecule has 172 valence electrons. The first-order valence-corrected chi connectivity index (χ1v) is 10.7. The summed E-state index contributed by atoms with van der Waals surface area (Å²) >= 11 is 0. The number of carbonyl (C=O) groups excluding carboxylic acids is 2. The van der Waals surface area contributed by atoms with Crippen LogP contribution in [0.15, 0.2) is 24.3 Å². The minimum absolute atomic E-state index is 0.0331. The fraction of sp³-hybridized carbons (Fsp3) is 0.391. The standard InChI is InChI=1S/C23H30N4O5/c1-14-2-5-17(30)21-18(14)22(31)19-15(26-8-6-24-10-12-28)3-4-16(20(19)23(21)32)27-9-7-25-11-13-29/h2-5,24-30H,6-13H2,1H3. The maximum atomic E-state index is 13.5. The Labute approximate surface area is 186 Å². The van der Waals surface area contributed by atoms with Crippen LogP contribution in [0.25, 0.3) is 0 Å². The Morgan fingerprint density at radius 2 is 1.16 bits per heavy atom. The summed E-state index contributed by atoms with van der Waals surface area (Å²) in [7, 11) is 0. The lowest BCUT2D eigenvalue weighted by atomic mass is 9.80. The van der Waals surface area contributed by atoms with E-state index in [0.29, 0.717) is 56.2 Å². The molecule has 0 fully saturated rings. The van der Waals surface area contributed by atoms with E-state index in [0.717, 1.165) is 0 Å². The second-order valence-corrected chi connectivity index (χ2v) is 7.52. The number of aliphatic hydroxyl groups is 2. The number of rotatable bonds is 12. The molecule has 0 bridgehead atoms. The van der Waals surface area contributed by atoms with E-state index in [1.54, 1.807) is 25.1 Å². The van der Waals surface area contributed by atoms with Crippen LogP contribution in [0.5, 0.6) is 5.75 Å².